The lowest BCUT2D eigenvalue weighted by atomic mass is 10.1. The maximum absolute atomic E-state index is 11.0. The van der Waals surface area contributed by atoms with Crippen LogP contribution in [-0.4, -0.2) is 59.4 Å². The molecule has 0 bridgehead atoms. The fourth-order valence-corrected chi connectivity index (χ4v) is 4.04. The van der Waals surface area contributed by atoms with Crippen molar-refractivity contribution in [1.29, 1.82) is 0 Å². The van der Waals surface area contributed by atoms with Gasteiger partial charge in [0.15, 0.2) is 5.96 Å². The van der Waals surface area contributed by atoms with Crippen LogP contribution < -0.4 is 20.3 Å². The standard InChI is InChI=1S/C16H29N5O2S2/c1-3-17-16(18-9-5-10-19-25(2,22)23)20-14-7-11-21(12-8-14)15-6-4-13-24-15/h4,6,13-14,19H,3,5,7-12H2,1-2H3,(H2,17,18,20). The number of hydrogen-bond acceptors (Lipinski definition) is 5. The number of thiophene rings is 1. The summed E-state index contributed by atoms with van der Waals surface area (Å²) in [6.07, 6.45) is 4.01. The Labute approximate surface area is 155 Å². The Morgan fingerprint density at radius 1 is 1.40 bits per heavy atom. The summed E-state index contributed by atoms with van der Waals surface area (Å²) in [7, 11) is -3.12. The van der Waals surface area contributed by atoms with E-state index in [1.54, 1.807) is 11.3 Å². The first-order valence-corrected chi connectivity index (χ1v) is 11.5. The number of nitrogens with zero attached hydrogens (tertiary/aromatic N) is 2. The lowest BCUT2D eigenvalue weighted by molar-refractivity contribution is 0.463. The molecule has 3 N–H and O–H groups in total. The highest BCUT2D eigenvalue weighted by Crippen LogP contribution is 2.24. The Kier molecular flexibility index (Phi) is 7.98. The highest BCUT2D eigenvalue weighted by Gasteiger charge is 2.20. The Morgan fingerprint density at radius 3 is 2.76 bits per heavy atom. The van der Waals surface area contributed by atoms with Crippen LogP contribution in [0.5, 0.6) is 0 Å². The van der Waals surface area contributed by atoms with Gasteiger partial charge in [-0.1, -0.05) is 0 Å². The van der Waals surface area contributed by atoms with E-state index in [1.165, 1.54) is 11.3 Å². The zero-order valence-corrected chi connectivity index (χ0v) is 16.6. The number of hydrogen-bond donors (Lipinski definition) is 3. The first-order valence-electron chi connectivity index (χ1n) is 8.76. The van der Waals surface area contributed by atoms with Gasteiger partial charge in [-0.2, -0.15) is 0 Å². The van der Waals surface area contributed by atoms with E-state index in [1.807, 2.05) is 6.92 Å². The van der Waals surface area contributed by atoms with E-state index in [0.717, 1.165) is 38.4 Å². The summed E-state index contributed by atoms with van der Waals surface area (Å²) in [5, 5.41) is 10.2. The Hall–Kier alpha value is -1.32. The van der Waals surface area contributed by atoms with Crippen LogP contribution in [-0.2, 0) is 10.0 Å². The van der Waals surface area contributed by atoms with Crippen LogP contribution in [0, 0.1) is 0 Å². The third-order valence-corrected chi connectivity index (χ3v) is 5.62. The molecule has 2 heterocycles. The van der Waals surface area contributed by atoms with Crippen molar-refractivity contribution in [3.05, 3.63) is 17.5 Å². The zero-order valence-electron chi connectivity index (χ0n) is 15.0. The van der Waals surface area contributed by atoms with Crippen LogP contribution in [0.1, 0.15) is 26.2 Å². The van der Waals surface area contributed by atoms with Gasteiger partial charge in [-0.3, -0.25) is 4.99 Å². The molecular formula is C16H29N5O2S2. The monoisotopic (exact) mass is 387 g/mol. The van der Waals surface area contributed by atoms with Gasteiger partial charge >= 0.3 is 0 Å². The molecule has 2 rings (SSSR count). The van der Waals surface area contributed by atoms with Gasteiger partial charge in [0.05, 0.1) is 11.3 Å². The smallest absolute Gasteiger partial charge is 0.208 e. The van der Waals surface area contributed by atoms with Gasteiger partial charge in [-0.25, -0.2) is 13.1 Å². The molecule has 1 aromatic rings. The van der Waals surface area contributed by atoms with Crippen LogP contribution in [0.25, 0.3) is 0 Å². The minimum absolute atomic E-state index is 0.418. The van der Waals surface area contributed by atoms with E-state index in [0.29, 0.717) is 25.6 Å². The van der Waals surface area contributed by atoms with Crippen molar-refractivity contribution in [1.82, 2.24) is 15.4 Å². The summed E-state index contributed by atoms with van der Waals surface area (Å²) >= 11 is 1.79. The van der Waals surface area contributed by atoms with E-state index in [4.69, 9.17) is 0 Å². The first kappa shape index (κ1) is 20.0. The van der Waals surface area contributed by atoms with Crippen molar-refractivity contribution in [2.75, 3.05) is 43.9 Å². The molecule has 0 aliphatic carbocycles. The number of nitrogens with one attached hydrogen (secondary N) is 3. The quantitative estimate of drug-likeness (QED) is 0.355. The summed E-state index contributed by atoms with van der Waals surface area (Å²) in [5.41, 5.74) is 0. The third-order valence-electron chi connectivity index (χ3n) is 3.97. The molecule has 0 aromatic carbocycles. The van der Waals surface area contributed by atoms with E-state index in [9.17, 15) is 8.42 Å². The maximum Gasteiger partial charge on any atom is 0.208 e. The zero-order chi connectivity index (χ0) is 18.1. The van der Waals surface area contributed by atoms with Crippen molar-refractivity contribution < 1.29 is 8.42 Å². The van der Waals surface area contributed by atoms with Crippen molar-refractivity contribution >= 4 is 32.3 Å². The van der Waals surface area contributed by atoms with E-state index < -0.39 is 10.0 Å². The molecule has 0 radical (unpaired) electrons. The summed E-state index contributed by atoms with van der Waals surface area (Å²) < 4.78 is 24.5. The number of rotatable bonds is 8. The van der Waals surface area contributed by atoms with Gasteiger partial charge in [0.25, 0.3) is 0 Å². The highest BCUT2D eigenvalue weighted by atomic mass is 32.2. The van der Waals surface area contributed by atoms with Crippen molar-refractivity contribution in [3.8, 4) is 0 Å². The van der Waals surface area contributed by atoms with Crippen LogP contribution >= 0.6 is 11.3 Å². The molecular weight excluding hydrogens is 358 g/mol. The first-order chi connectivity index (χ1) is 12.0. The molecule has 1 aliphatic heterocycles. The minimum Gasteiger partial charge on any atom is -0.363 e. The molecule has 0 spiro atoms. The predicted molar refractivity (Wildman–Crippen MR) is 106 cm³/mol. The molecule has 25 heavy (non-hydrogen) atoms. The molecule has 0 unspecified atom stereocenters. The van der Waals surface area contributed by atoms with Crippen LogP contribution in [0.4, 0.5) is 5.00 Å². The number of aliphatic imine (C=N–C) groups is 1. The average Bonchev–Trinajstić information content (AvgIpc) is 3.09. The van der Waals surface area contributed by atoms with Crippen molar-refractivity contribution in [2.45, 2.75) is 32.2 Å². The van der Waals surface area contributed by atoms with Gasteiger partial charge in [-0.15, -0.1) is 11.3 Å². The number of guanidine groups is 1. The molecule has 1 fully saturated rings. The Balaban J connectivity index is 1.74. The van der Waals surface area contributed by atoms with Crippen LogP contribution in [0.3, 0.4) is 0 Å². The fourth-order valence-electron chi connectivity index (χ4n) is 2.73. The Morgan fingerprint density at radius 2 is 2.16 bits per heavy atom. The summed E-state index contributed by atoms with van der Waals surface area (Å²) in [6.45, 7) is 5.96. The van der Waals surface area contributed by atoms with Crippen LogP contribution in [0.15, 0.2) is 22.5 Å². The Bertz CT molecular complexity index is 623. The van der Waals surface area contributed by atoms with Gasteiger partial charge in [0.1, 0.15) is 0 Å². The van der Waals surface area contributed by atoms with Crippen molar-refractivity contribution in [3.63, 3.8) is 0 Å². The second-order valence-corrected chi connectivity index (χ2v) is 8.90. The molecule has 1 aromatic heterocycles. The number of anilines is 1. The highest BCUT2D eigenvalue weighted by molar-refractivity contribution is 7.88. The normalized spacial score (nSPS) is 16.9. The molecule has 1 aliphatic rings. The fraction of sp³-hybridized carbons (Fsp3) is 0.688. The van der Waals surface area contributed by atoms with E-state index in [-0.39, 0.29) is 0 Å². The molecule has 7 nitrogen and oxygen atoms in total. The summed E-state index contributed by atoms with van der Waals surface area (Å²) in [5.74, 6) is 0.816. The molecule has 0 saturated carbocycles. The largest absolute Gasteiger partial charge is 0.363 e. The average molecular weight is 388 g/mol. The van der Waals surface area contributed by atoms with E-state index in [2.05, 4.69) is 42.8 Å². The second-order valence-electron chi connectivity index (χ2n) is 6.14. The summed E-state index contributed by atoms with van der Waals surface area (Å²) in [4.78, 5) is 6.98. The van der Waals surface area contributed by atoms with Gasteiger partial charge < -0.3 is 15.5 Å². The minimum atomic E-state index is -3.12. The SMILES string of the molecule is CCNC(=NCCCNS(C)(=O)=O)NC1CCN(c2cccs2)CC1. The topological polar surface area (TPSA) is 85.8 Å². The molecule has 1 saturated heterocycles. The lowest BCUT2D eigenvalue weighted by Crippen LogP contribution is -2.48. The van der Waals surface area contributed by atoms with E-state index >= 15 is 0 Å². The summed E-state index contributed by atoms with van der Waals surface area (Å²) in [6, 6.07) is 4.69. The predicted octanol–water partition coefficient (Wildman–Crippen LogP) is 1.21. The number of sulfonamides is 1. The maximum atomic E-state index is 11.0. The van der Waals surface area contributed by atoms with Gasteiger partial charge in [0.2, 0.25) is 10.0 Å². The molecule has 0 atom stereocenters. The second kappa shape index (κ2) is 9.98. The number of piperidine rings is 1. The van der Waals surface area contributed by atoms with Crippen molar-refractivity contribution in [2.24, 2.45) is 4.99 Å². The van der Waals surface area contributed by atoms with Crippen LogP contribution in [0.2, 0.25) is 0 Å². The molecule has 9 heteroatoms. The molecule has 0 amide bonds. The van der Waals surface area contributed by atoms with Gasteiger partial charge in [0, 0.05) is 38.8 Å². The molecule has 142 valence electrons. The van der Waals surface area contributed by atoms with Gasteiger partial charge in [-0.05, 0) is 43.7 Å². The third kappa shape index (κ3) is 7.62. The lowest BCUT2D eigenvalue weighted by Gasteiger charge is -2.33.